The van der Waals surface area contributed by atoms with E-state index in [1.165, 1.54) is 18.3 Å². The fraction of sp³-hybridized carbons (Fsp3) is 0.304. The van der Waals surface area contributed by atoms with Gasteiger partial charge in [-0.05, 0) is 49.9 Å². The van der Waals surface area contributed by atoms with Crippen molar-refractivity contribution >= 4 is 45.0 Å². The number of halogens is 4. The quantitative estimate of drug-likeness (QED) is 0.361. The summed E-state index contributed by atoms with van der Waals surface area (Å²) in [6.45, 7) is 0. The van der Waals surface area contributed by atoms with Crippen LogP contribution in [0.15, 0.2) is 42.9 Å². The second-order valence-electron chi connectivity index (χ2n) is 8.40. The molecular formula is C23H20ClF3N6O. The number of anilines is 1. The second-order valence-corrected chi connectivity index (χ2v) is 8.84. The van der Waals surface area contributed by atoms with Gasteiger partial charge in [-0.2, -0.15) is 18.3 Å². The molecule has 1 aromatic carbocycles. The lowest BCUT2D eigenvalue weighted by atomic mass is 9.90. The van der Waals surface area contributed by atoms with E-state index >= 15 is 0 Å². The van der Waals surface area contributed by atoms with E-state index in [0.29, 0.717) is 33.6 Å². The molecule has 1 saturated carbocycles. The van der Waals surface area contributed by atoms with Crippen molar-refractivity contribution in [3.63, 3.8) is 0 Å². The summed E-state index contributed by atoms with van der Waals surface area (Å²) in [7, 11) is 0. The van der Waals surface area contributed by atoms with E-state index in [1.54, 1.807) is 18.5 Å². The predicted molar refractivity (Wildman–Crippen MR) is 123 cm³/mol. The van der Waals surface area contributed by atoms with Gasteiger partial charge in [0.05, 0.1) is 11.1 Å². The maximum absolute atomic E-state index is 13.4. The summed E-state index contributed by atoms with van der Waals surface area (Å²) in [6, 6.07) is 5.33. The smallest absolute Gasteiger partial charge is 0.382 e. The maximum atomic E-state index is 13.4. The van der Waals surface area contributed by atoms with Crippen LogP contribution in [0.1, 0.15) is 41.7 Å². The molecule has 4 aromatic rings. The molecule has 2 atom stereocenters. The van der Waals surface area contributed by atoms with Gasteiger partial charge in [-0.3, -0.25) is 14.9 Å². The lowest BCUT2D eigenvalue weighted by Crippen LogP contribution is -2.42. The topological polar surface area (TPSA) is 95.6 Å². The Kier molecular flexibility index (Phi) is 5.76. The van der Waals surface area contributed by atoms with Crippen molar-refractivity contribution in [2.75, 3.05) is 5.32 Å². The number of nitrogens with zero attached hydrogens (tertiary/aromatic N) is 3. The zero-order chi connectivity index (χ0) is 23.9. The summed E-state index contributed by atoms with van der Waals surface area (Å²) in [5, 5.41) is 14.8. The van der Waals surface area contributed by atoms with Crippen LogP contribution in [0.4, 0.5) is 18.9 Å². The monoisotopic (exact) mass is 488 g/mol. The number of benzene rings is 1. The molecule has 1 aliphatic carbocycles. The molecular weight excluding hydrogens is 469 g/mol. The number of hydrogen-bond acceptors (Lipinski definition) is 5. The Bertz CT molecular complexity index is 1370. The molecule has 0 unspecified atom stereocenters. The average molecular weight is 489 g/mol. The highest BCUT2D eigenvalue weighted by Crippen LogP contribution is 2.35. The van der Waals surface area contributed by atoms with E-state index in [0.717, 1.165) is 30.7 Å². The molecule has 1 fully saturated rings. The van der Waals surface area contributed by atoms with Gasteiger partial charge in [0.2, 0.25) is 0 Å². The maximum Gasteiger partial charge on any atom is 0.433 e. The standard InChI is InChI=1S/C23H20ClF3N6O/c24-13-4-5-18-16(6-13)19(8-20(32-18)23(25,26)27)30-14-2-1-3-15(7-14)31-22(34)17-11-28-9-12-10-29-33-21(12)17/h4-6,8-11,14-15H,1-3,7H2,(H,29,33)(H,30,32)(H,31,34)/t14-,15+/m0/s1. The number of alkyl halides is 3. The number of hydrogen-bond donors (Lipinski definition) is 3. The highest BCUT2D eigenvalue weighted by molar-refractivity contribution is 6.31. The van der Waals surface area contributed by atoms with Gasteiger partial charge < -0.3 is 10.6 Å². The molecule has 3 N–H and O–H groups in total. The van der Waals surface area contributed by atoms with Crippen molar-refractivity contribution in [1.82, 2.24) is 25.5 Å². The van der Waals surface area contributed by atoms with Gasteiger partial charge in [0, 0.05) is 52.2 Å². The first kappa shape index (κ1) is 22.4. The van der Waals surface area contributed by atoms with Crippen molar-refractivity contribution in [2.24, 2.45) is 0 Å². The first-order valence-electron chi connectivity index (χ1n) is 10.8. The number of nitrogens with one attached hydrogen (secondary N) is 3. The minimum absolute atomic E-state index is 0.135. The molecule has 3 heterocycles. The molecule has 0 spiro atoms. The Morgan fingerprint density at radius 2 is 1.97 bits per heavy atom. The molecule has 11 heteroatoms. The van der Waals surface area contributed by atoms with E-state index < -0.39 is 11.9 Å². The zero-order valence-corrected chi connectivity index (χ0v) is 18.5. The molecule has 1 aliphatic rings. The Balaban J connectivity index is 1.36. The number of aromatic amines is 1. The number of H-pyrrole nitrogens is 1. The third kappa shape index (κ3) is 4.50. The minimum Gasteiger partial charge on any atom is -0.382 e. The Labute approximate surface area is 197 Å². The SMILES string of the molecule is O=C(N[C@@H]1CCC[C@H](Nc2cc(C(F)(F)F)nc3ccc(Cl)cc23)C1)c1cncc2c[nH]nc12. The molecule has 0 aliphatic heterocycles. The number of pyridine rings is 2. The number of carbonyl (C=O) groups is 1. The lowest BCUT2D eigenvalue weighted by Gasteiger charge is -2.31. The van der Waals surface area contributed by atoms with Crippen LogP contribution in [0.25, 0.3) is 21.8 Å². The van der Waals surface area contributed by atoms with Gasteiger partial charge >= 0.3 is 6.18 Å². The number of aromatic nitrogens is 4. The van der Waals surface area contributed by atoms with Gasteiger partial charge in [0.1, 0.15) is 11.2 Å². The number of rotatable bonds is 4. The van der Waals surface area contributed by atoms with Crippen molar-refractivity contribution < 1.29 is 18.0 Å². The molecule has 1 amide bonds. The summed E-state index contributed by atoms with van der Waals surface area (Å²) in [4.78, 5) is 20.7. The van der Waals surface area contributed by atoms with Crippen LogP contribution in [0.3, 0.4) is 0 Å². The molecule has 0 saturated heterocycles. The van der Waals surface area contributed by atoms with Crippen LogP contribution in [-0.2, 0) is 6.18 Å². The first-order chi connectivity index (χ1) is 16.3. The summed E-state index contributed by atoms with van der Waals surface area (Å²) < 4.78 is 40.3. The lowest BCUT2D eigenvalue weighted by molar-refractivity contribution is -0.140. The number of fused-ring (bicyclic) bond motifs is 2. The predicted octanol–water partition coefficient (Wildman–Crippen LogP) is 5.33. The fourth-order valence-corrected chi connectivity index (χ4v) is 4.60. The minimum atomic E-state index is -4.57. The Hall–Kier alpha value is -3.40. The third-order valence-electron chi connectivity index (χ3n) is 6.02. The van der Waals surface area contributed by atoms with Gasteiger partial charge in [-0.15, -0.1) is 0 Å². The van der Waals surface area contributed by atoms with Gasteiger partial charge in [0.15, 0.2) is 0 Å². The van der Waals surface area contributed by atoms with E-state index in [4.69, 9.17) is 11.6 Å². The van der Waals surface area contributed by atoms with Crippen LogP contribution in [0.2, 0.25) is 5.02 Å². The molecule has 3 aromatic heterocycles. The fourth-order valence-electron chi connectivity index (χ4n) is 4.43. The second kappa shape index (κ2) is 8.75. The van der Waals surface area contributed by atoms with Crippen LogP contribution < -0.4 is 10.6 Å². The van der Waals surface area contributed by atoms with E-state index in [2.05, 4.69) is 30.8 Å². The summed E-state index contributed by atoms with van der Waals surface area (Å²) >= 11 is 6.10. The highest BCUT2D eigenvalue weighted by Gasteiger charge is 2.34. The van der Waals surface area contributed by atoms with Crippen LogP contribution in [0.5, 0.6) is 0 Å². The van der Waals surface area contributed by atoms with Crippen molar-refractivity contribution in [2.45, 2.75) is 43.9 Å². The third-order valence-corrected chi connectivity index (χ3v) is 6.25. The molecule has 0 radical (unpaired) electrons. The first-order valence-corrected chi connectivity index (χ1v) is 11.2. The molecule has 0 bridgehead atoms. The van der Waals surface area contributed by atoms with Crippen LogP contribution in [-0.4, -0.2) is 38.2 Å². The van der Waals surface area contributed by atoms with Gasteiger partial charge in [-0.1, -0.05) is 11.6 Å². The zero-order valence-electron chi connectivity index (χ0n) is 17.8. The van der Waals surface area contributed by atoms with Gasteiger partial charge in [-0.25, -0.2) is 4.98 Å². The van der Waals surface area contributed by atoms with Crippen LogP contribution >= 0.6 is 11.6 Å². The average Bonchev–Trinajstić information content (AvgIpc) is 3.28. The van der Waals surface area contributed by atoms with Crippen molar-refractivity contribution in [1.29, 1.82) is 0 Å². The number of carbonyl (C=O) groups excluding carboxylic acids is 1. The largest absolute Gasteiger partial charge is 0.433 e. The highest BCUT2D eigenvalue weighted by atomic mass is 35.5. The van der Waals surface area contributed by atoms with Gasteiger partial charge in [0.25, 0.3) is 5.91 Å². The van der Waals surface area contributed by atoms with E-state index in [1.807, 2.05) is 0 Å². The van der Waals surface area contributed by atoms with E-state index in [-0.39, 0.29) is 23.5 Å². The normalized spacial score (nSPS) is 18.8. The van der Waals surface area contributed by atoms with Crippen molar-refractivity contribution in [3.8, 4) is 0 Å². The molecule has 5 rings (SSSR count). The molecule has 176 valence electrons. The number of amides is 1. The molecule has 7 nitrogen and oxygen atoms in total. The summed E-state index contributed by atoms with van der Waals surface area (Å²) in [6.07, 6.45) is 3.08. The molecule has 34 heavy (non-hydrogen) atoms. The van der Waals surface area contributed by atoms with E-state index in [9.17, 15) is 18.0 Å². The van der Waals surface area contributed by atoms with Crippen LogP contribution in [0, 0.1) is 0 Å². The Morgan fingerprint density at radius 1 is 1.15 bits per heavy atom. The Morgan fingerprint density at radius 3 is 2.79 bits per heavy atom. The van der Waals surface area contributed by atoms with Crippen molar-refractivity contribution in [3.05, 3.63) is 59.1 Å². The summed E-state index contributed by atoms with van der Waals surface area (Å²) in [5.74, 6) is -0.281. The summed E-state index contributed by atoms with van der Waals surface area (Å²) in [5.41, 5.74) is 0.477.